The summed E-state index contributed by atoms with van der Waals surface area (Å²) in [7, 11) is 0. The smallest absolute Gasteiger partial charge is 0.336 e. The molecule has 0 unspecified atom stereocenters. The van der Waals surface area contributed by atoms with Gasteiger partial charge in [-0.15, -0.1) is 0 Å². The van der Waals surface area contributed by atoms with Gasteiger partial charge in [-0.05, 0) is 23.7 Å². The van der Waals surface area contributed by atoms with E-state index in [1.54, 1.807) is 0 Å². The van der Waals surface area contributed by atoms with Gasteiger partial charge in [-0.2, -0.15) is 0 Å². The van der Waals surface area contributed by atoms with Crippen molar-refractivity contribution < 1.29 is 14.3 Å². The lowest BCUT2D eigenvalue weighted by Crippen LogP contribution is -2.00. The summed E-state index contributed by atoms with van der Waals surface area (Å²) >= 11 is 0. The molecule has 86 valence electrons. The van der Waals surface area contributed by atoms with Gasteiger partial charge in [0.2, 0.25) is 0 Å². The summed E-state index contributed by atoms with van der Waals surface area (Å²) in [5.74, 6) is 3.44. The number of aromatic carboxylic acids is 1. The van der Waals surface area contributed by atoms with Crippen LogP contribution < -0.4 is 0 Å². The Hall–Kier alpha value is -2.51. The van der Waals surface area contributed by atoms with Gasteiger partial charge in [0.1, 0.15) is 5.82 Å². The van der Waals surface area contributed by atoms with Crippen LogP contribution in [0.25, 0.3) is 10.4 Å². The molecule has 1 aromatic carbocycles. The predicted octanol–water partition coefficient (Wildman–Crippen LogP) is 2.58. The molecule has 5 nitrogen and oxygen atoms in total. The number of rotatable bonds is 3. The molecule has 0 radical (unpaired) electrons. The van der Waals surface area contributed by atoms with Crippen molar-refractivity contribution in [2.45, 2.75) is 6.42 Å². The van der Waals surface area contributed by atoms with Gasteiger partial charge >= 0.3 is 5.97 Å². The van der Waals surface area contributed by atoms with Crippen molar-refractivity contribution in [2.75, 3.05) is 6.54 Å². The average Bonchev–Trinajstić information content (AvgIpc) is 2.28. The van der Waals surface area contributed by atoms with Crippen LogP contribution in [-0.4, -0.2) is 17.6 Å². The van der Waals surface area contributed by atoms with Gasteiger partial charge in [-0.25, -0.2) is 9.18 Å². The Morgan fingerprint density at radius 1 is 1.59 bits per heavy atom. The summed E-state index contributed by atoms with van der Waals surface area (Å²) in [6.45, 7) is 0.196. The van der Waals surface area contributed by atoms with E-state index in [1.807, 2.05) is 0 Å². The van der Waals surface area contributed by atoms with E-state index in [0.29, 0.717) is 6.42 Å². The Labute approximate surface area is 96.5 Å². The van der Waals surface area contributed by atoms with Crippen LogP contribution in [-0.2, 0) is 0 Å². The summed E-state index contributed by atoms with van der Waals surface area (Å²) < 4.78 is 12.9. The number of hydrogen-bond acceptors (Lipinski definition) is 2. The number of carboxylic acid groups (broad SMARTS) is 1. The standard InChI is InChI=1S/C11H8FN3O2/c12-9-4-5-10(11(16)17)8(7-9)3-1-2-6-14-15-13/h4-5,7H,2,6H2,(H,16,17). The first kappa shape index (κ1) is 12.6. The Morgan fingerprint density at radius 3 is 3.00 bits per heavy atom. The lowest BCUT2D eigenvalue weighted by molar-refractivity contribution is 0.0696. The second-order valence-corrected chi connectivity index (χ2v) is 3.00. The summed E-state index contributed by atoms with van der Waals surface area (Å²) in [5, 5.41) is 12.1. The van der Waals surface area contributed by atoms with E-state index in [1.165, 1.54) is 0 Å². The first-order valence-electron chi connectivity index (χ1n) is 4.67. The van der Waals surface area contributed by atoms with Crippen LogP contribution in [0.4, 0.5) is 4.39 Å². The molecule has 6 heteroatoms. The number of carboxylic acids is 1. The monoisotopic (exact) mass is 233 g/mol. The van der Waals surface area contributed by atoms with Crippen LogP contribution >= 0.6 is 0 Å². The molecule has 1 aromatic rings. The van der Waals surface area contributed by atoms with E-state index in [9.17, 15) is 9.18 Å². The van der Waals surface area contributed by atoms with E-state index in [-0.39, 0.29) is 17.7 Å². The van der Waals surface area contributed by atoms with Crippen molar-refractivity contribution >= 4 is 5.97 Å². The molecule has 0 amide bonds. The molecule has 0 aliphatic rings. The maximum atomic E-state index is 12.9. The van der Waals surface area contributed by atoms with Crippen molar-refractivity contribution in [3.63, 3.8) is 0 Å². The lowest BCUT2D eigenvalue weighted by Gasteiger charge is -1.98. The lowest BCUT2D eigenvalue weighted by atomic mass is 10.1. The van der Waals surface area contributed by atoms with E-state index in [4.69, 9.17) is 10.6 Å². The third-order valence-electron chi connectivity index (χ3n) is 1.84. The van der Waals surface area contributed by atoms with E-state index in [2.05, 4.69) is 21.9 Å². The van der Waals surface area contributed by atoms with Crippen molar-refractivity contribution in [3.05, 3.63) is 45.6 Å². The van der Waals surface area contributed by atoms with Crippen LogP contribution in [0.5, 0.6) is 0 Å². The molecule has 0 spiro atoms. The first-order chi connectivity index (χ1) is 8.15. The highest BCUT2D eigenvalue weighted by Gasteiger charge is 2.08. The summed E-state index contributed by atoms with van der Waals surface area (Å²) in [4.78, 5) is 13.4. The van der Waals surface area contributed by atoms with Crippen LogP contribution in [0, 0.1) is 17.7 Å². The van der Waals surface area contributed by atoms with Crippen molar-refractivity contribution in [1.82, 2.24) is 0 Å². The zero-order chi connectivity index (χ0) is 12.7. The van der Waals surface area contributed by atoms with Gasteiger partial charge in [-0.1, -0.05) is 17.0 Å². The zero-order valence-corrected chi connectivity index (χ0v) is 8.72. The van der Waals surface area contributed by atoms with Crippen molar-refractivity contribution in [3.8, 4) is 11.8 Å². The van der Waals surface area contributed by atoms with Crippen molar-refractivity contribution in [1.29, 1.82) is 0 Å². The fourth-order valence-corrected chi connectivity index (χ4v) is 1.11. The molecule has 0 fully saturated rings. The van der Waals surface area contributed by atoms with Gasteiger partial charge < -0.3 is 5.11 Å². The maximum Gasteiger partial charge on any atom is 0.336 e. The van der Waals surface area contributed by atoms with Gasteiger partial charge in [0.05, 0.1) is 5.56 Å². The largest absolute Gasteiger partial charge is 0.478 e. The van der Waals surface area contributed by atoms with Gasteiger partial charge in [-0.3, -0.25) is 0 Å². The second-order valence-electron chi connectivity index (χ2n) is 3.00. The van der Waals surface area contributed by atoms with E-state index < -0.39 is 11.8 Å². The fourth-order valence-electron chi connectivity index (χ4n) is 1.11. The SMILES string of the molecule is [N-]=[N+]=NCCC#Cc1cc(F)ccc1C(=O)O. The maximum absolute atomic E-state index is 12.9. The molecule has 1 rings (SSSR count). The minimum atomic E-state index is -1.16. The van der Waals surface area contributed by atoms with E-state index in [0.717, 1.165) is 18.2 Å². The topological polar surface area (TPSA) is 86.1 Å². The van der Waals surface area contributed by atoms with Crippen LogP contribution in [0.2, 0.25) is 0 Å². The molecular weight excluding hydrogens is 225 g/mol. The third kappa shape index (κ3) is 3.86. The molecule has 0 saturated heterocycles. The normalized spacial score (nSPS) is 8.76. The summed E-state index contributed by atoms with van der Waals surface area (Å²) in [6, 6.07) is 3.29. The summed E-state index contributed by atoms with van der Waals surface area (Å²) in [5.41, 5.74) is 8.08. The molecule has 0 atom stereocenters. The van der Waals surface area contributed by atoms with Gasteiger partial charge in [0.15, 0.2) is 0 Å². The highest BCUT2D eigenvalue weighted by Crippen LogP contribution is 2.10. The predicted molar refractivity (Wildman–Crippen MR) is 58.9 cm³/mol. The number of nitrogens with zero attached hydrogens (tertiary/aromatic N) is 3. The Balaban J connectivity index is 2.91. The molecule has 17 heavy (non-hydrogen) atoms. The molecule has 0 heterocycles. The van der Waals surface area contributed by atoms with Crippen LogP contribution in [0.15, 0.2) is 23.3 Å². The fraction of sp³-hybridized carbons (Fsp3) is 0.182. The second kappa shape index (κ2) is 6.16. The van der Waals surface area contributed by atoms with E-state index >= 15 is 0 Å². The Kier molecular flexibility index (Phi) is 4.55. The molecular formula is C11H8FN3O2. The number of carbonyl (C=O) groups is 1. The minimum Gasteiger partial charge on any atom is -0.478 e. The highest BCUT2D eigenvalue weighted by molar-refractivity contribution is 5.90. The number of benzene rings is 1. The van der Waals surface area contributed by atoms with Gasteiger partial charge in [0, 0.05) is 23.4 Å². The molecule has 0 aliphatic carbocycles. The van der Waals surface area contributed by atoms with Crippen LogP contribution in [0.1, 0.15) is 22.3 Å². The first-order valence-corrected chi connectivity index (χ1v) is 4.67. The third-order valence-corrected chi connectivity index (χ3v) is 1.84. The molecule has 0 saturated carbocycles. The average molecular weight is 233 g/mol. The molecule has 0 aromatic heterocycles. The number of azide groups is 1. The number of hydrogen-bond donors (Lipinski definition) is 1. The van der Waals surface area contributed by atoms with Gasteiger partial charge in [0.25, 0.3) is 0 Å². The molecule has 0 bridgehead atoms. The number of halogens is 1. The minimum absolute atomic E-state index is 0.0531. The Morgan fingerprint density at radius 2 is 2.35 bits per heavy atom. The highest BCUT2D eigenvalue weighted by atomic mass is 19.1. The summed E-state index contributed by atoms with van der Waals surface area (Å²) in [6.07, 6.45) is 0.291. The molecule has 0 aliphatic heterocycles. The molecule has 1 N–H and O–H groups in total. The van der Waals surface area contributed by atoms with Crippen LogP contribution in [0.3, 0.4) is 0 Å². The Bertz CT molecular complexity index is 539. The quantitative estimate of drug-likeness (QED) is 0.286. The zero-order valence-electron chi connectivity index (χ0n) is 8.72. The van der Waals surface area contributed by atoms with Crippen molar-refractivity contribution in [2.24, 2.45) is 5.11 Å².